The molecule has 2 unspecified atom stereocenters. The molecular weight excluding hydrogens is 270 g/mol. The highest BCUT2D eigenvalue weighted by Crippen LogP contribution is 2.16. The summed E-state index contributed by atoms with van der Waals surface area (Å²) in [4.78, 5) is 16.0. The van der Waals surface area contributed by atoms with Crippen molar-refractivity contribution in [1.29, 1.82) is 0 Å². The molecule has 102 valence electrons. The average molecular weight is 289 g/mol. The Hall–Kier alpha value is -0.630. The van der Waals surface area contributed by atoms with Gasteiger partial charge >= 0.3 is 0 Å². The Kier molecular flexibility index (Phi) is 5.58. The van der Waals surface area contributed by atoms with Crippen LogP contribution in [0.5, 0.6) is 0 Å². The molecule has 0 saturated carbocycles. The summed E-state index contributed by atoms with van der Waals surface area (Å²) in [7, 11) is 0. The molecule has 1 rings (SSSR count). The number of nitrogens with two attached hydrogens (primary N) is 1. The van der Waals surface area contributed by atoms with E-state index in [1.807, 2.05) is 13.2 Å². The van der Waals surface area contributed by atoms with Gasteiger partial charge in [-0.05, 0) is 20.1 Å². The van der Waals surface area contributed by atoms with Crippen LogP contribution >= 0.6 is 23.1 Å². The number of thioether (sulfide) groups is 1. The quantitative estimate of drug-likeness (QED) is 0.727. The zero-order valence-corrected chi connectivity index (χ0v) is 12.4. The number of hydrogen-bond acceptors (Lipinski definition) is 6. The standard InChI is InChI=1S/C11H19N3O2S2/c1-7(12)10-14-8(4-18-10)9(15)13-5-11(2,16)6-17-3/h4,7,16H,5-6,12H2,1-3H3,(H,13,15). The molecule has 0 aromatic carbocycles. The van der Waals surface area contributed by atoms with E-state index in [2.05, 4.69) is 10.3 Å². The number of carbonyl (C=O) groups is 1. The number of aromatic nitrogens is 1. The van der Waals surface area contributed by atoms with Crippen LogP contribution in [0.1, 0.15) is 35.4 Å². The SMILES string of the molecule is CSCC(C)(O)CNC(=O)c1csc(C(C)N)n1. The monoisotopic (exact) mass is 289 g/mol. The maximum absolute atomic E-state index is 11.8. The van der Waals surface area contributed by atoms with Crippen molar-refractivity contribution in [2.75, 3.05) is 18.6 Å². The second-order valence-corrected chi connectivity index (χ2v) is 6.23. The van der Waals surface area contributed by atoms with Crippen LogP contribution in [0, 0.1) is 0 Å². The topological polar surface area (TPSA) is 88.2 Å². The van der Waals surface area contributed by atoms with Gasteiger partial charge in [-0.25, -0.2) is 4.98 Å². The van der Waals surface area contributed by atoms with Gasteiger partial charge in [-0.1, -0.05) is 0 Å². The molecule has 1 aromatic rings. The fourth-order valence-electron chi connectivity index (χ4n) is 1.32. The Bertz CT molecular complexity index is 405. The lowest BCUT2D eigenvalue weighted by atomic mass is 10.1. The predicted molar refractivity (Wildman–Crippen MR) is 76.1 cm³/mol. The van der Waals surface area contributed by atoms with Crippen LogP contribution in [-0.2, 0) is 0 Å². The summed E-state index contributed by atoms with van der Waals surface area (Å²) in [5.41, 5.74) is 5.13. The first-order chi connectivity index (χ1) is 8.35. The van der Waals surface area contributed by atoms with Crippen LogP contribution in [0.3, 0.4) is 0 Å². The molecule has 18 heavy (non-hydrogen) atoms. The molecule has 0 fully saturated rings. The van der Waals surface area contributed by atoms with Crippen molar-refractivity contribution in [3.8, 4) is 0 Å². The van der Waals surface area contributed by atoms with Gasteiger partial charge in [0.2, 0.25) is 0 Å². The summed E-state index contributed by atoms with van der Waals surface area (Å²) in [5.74, 6) is 0.287. The molecule has 1 amide bonds. The molecule has 0 aliphatic heterocycles. The van der Waals surface area contributed by atoms with Gasteiger partial charge in [0, 0.05) is 17.7 Å². The maximum atomic E-state index is 11.8. The Morgan fingerprint density at radius 1 is 1.78 bits per heavy atom. The first-order valence-electron chi connectivity index (χ1n) is 5.56. The number of nitrogens with one attached hydrogen (secondary N) is 1. The molecule has 0 saturated heterocycles. The van der Waals surface area contributed by atoms with Gasteiger partial charge in [-0.2, -0.15) is 11.8 Å². The third-order valence-corrected chi connectivity index (χ3v) is 4.19. The Balaban J connectivity index is 2.55. The second-order valence-electron chi connectivity index (χ2n) is 4.47. The first-order valence-corrected chi connectivity index (χ1v) is 7.83. The molecule has 1 heterocycles. The molecule has 0 aliphatic rings. The molecule has 7 heteroatoms. The number of aliphatic hydroxyl groups is 1. The third-order valence-electron chi connectivity index (χ3n) is 2.23. The minimum atomic E-state index is -0.908. The van der Waals surface area contributed by atoms with E-state index >= 15 is 0 Å². The smallest absolute Gasteiger partial charge is 0.270 e. The Labute approximate surface area is 115 Å². The van der Waals surface area contributed by atoms with Gasteiger partial charge in [0.05, 0.1) is 11.6 Å². The summed E-state index contributed by atoms with van der Waals surface area (Å²) < 4.78 is 0. The molecule has 0 bridgehead atoms. The van der Waals surface area contributed by atoms with Crippen LogP contribution < -0.4 is 11.1 Å². The van der Waals surface area contributed by atoms with Crippen molar-refractivity contribution >= 4 is 29.0 Å². The molecule has 1 aromatic heterocycles. The highest BCUT2D eigenvalue weighted by molar-refractivity contribution is 7.98. The van der Waals surface area contributed by atoms with E-state index in [9.17, 15) is 9.90 Å². The van der Waals surface area contributed by atoms with Crippen LogP contribution in [0.15, 0.2) is 5.38 Å². The molecule has 4 N–H and O–H groups in total. The van der Waals surface area contributed by atoms with Crippen molar-refractivity contribution in [3.05, 3.63) is 16.1 Å². The lowest BCUT2D eigenvalue weighted by molar-refractivity contribution is 0.0722. The molecule has 0 aliphatic carbocycles. The van der Waals surface area contributed by atoms with Crippen molar-refractivity contribution in [2.45, 2.75) is 25.5 Å². The minimum absolute atomic E-state index is 0.170. The minimum Gasteiger partial charge on any atom is -0.387 e. The van der Waals surface area contributed by atoms with E-state index < -0.39 is 5.60 Å². The van der Waals surface area contributed by atoms with Gasteiger partial charge in [0.25, 0.3) is 5.91 Å². The van der Waals surface area contributed by atoms with E-state index in [4.69, 9.17) is 5.73 Å². The van der Waals surface area contributed by atoms with Crippen LogP contribution in [0.25, 0.3) is 0 Å². The van der Waals surface area contributed by atoms with Gasteiger partial charge in [-0.15, -0.1) is 11.3 Å². The summed E-state index contributed by atoms with van der Waals surface area (Å²) in [5, 5.41) is 15.0. The van der Waals surface area contributed by atoms with Gasteiger partial charge in [-0.3, -0.25) is 4.79 Å². The summed E-state index contributed by atoms with van der Waals surface area (Å²) in [6.07, 6.45) is 1.91. The maximum Gasteiger partial charge on any atom is 0.270 e. The van der Waals surface area contributed by atoms with Crippen LogP contribution in [0.2, 0.25) is 0 Å². The molecule has 0 spiro atoms. The number of amides is 1. The van der Waals surface area contributed by atoms with Gasteiger partial charge < -0.3 is 16.2 Å². The van der Waals surface area contributed by atoms with E-state index in [0.717, 1.165) is 5.01 Å². The third kappa shape index (κ3) is 4.56. The first kappa shape index (κ1) is 15.4. The Morgan fingerprint density at radius 2 is 2.44 bits per heavy atom. The Morgan fingerprint density at radius 3 is 2.94 bits per heavy atom. The molecular formula is C11H19N3O2S2. The van der Waals surface area contributed by atoms with E-state index in [-0.39, 0.29) is 18.5 Å². The van der Waals surface area contributed by atoms with E-state index in [1.165, 1.54) is 23.1 Å². The zero-order chi connectivity index (χ0) is 13.8. The summed E-state index contributed by atoms with van der Waals surface area (Å²) in [6.45, 7) is 3.72. The van der Waals surface area contributed by atoms with Crippen LogP contribution in [0.4, 0.5) is 0 Å². The average Bonchev–Trinajstić information content (AvgIpc) is 2.75. The number of rotatable bonds is 6. The molecule has 0 radical (unpaired) electrons. The molecule has 5 nitrogen and oxygen atoms in total. The van der Waals surface area contributed by atoms with Crippen LogP contribution in [-0.4, -0.2) is 40.2 Å². The zero-order valence-electron chi connectivity index (χ0n) is 10.8. The molecule has 2 atom stereocenters. The van der Waals surface area contributed by atoms with Gasteiger partial charge in [0.15, 0.2) is 0 Å². The predicted octanol–water partition coefficient (Wildman–Crippen LogP) is 1.01. The van der Waals surface area contributed by atoms with Crippen molar-refractivity contribution in [3.63, 3.8) is 0 Å². The largest absolute Gasteiger partial charge is 0.387 e. The van der Waals surface area contributed by atoms with Crippen molar-refractivity contribution in [2.24, 2.45) is 5.73 Å². The number of nitrogens with zero attached hydrogens (tertiary/aromatic N) is 1. The fourth-order valence-corrected chi connectivity index (χ4v) is 2.81. The summed E-state index contributed by atoms with van der Waals surface area (Å²) >= 11 is 2.90. The number of thiazole rings is 1. The van der Waals surface area contributed by atoms with Gasteiger partial charge in [0.1, 0.15) is 10.7 Å². The van der Waals surface area contributed by atoms with Crippen molar-refractivity contribution < 1.29 is 9.90 Å². The lowest BCUT2D eigenvalue weighted by Gasteiger charge is -2.22. The van der Waals surface area contributed by atoms with E-state index in [1.54, 1.807) is 12.3 Å². The second kappa shape index (κ2) is 6.51. The fraction of sp³-hybridized carbons (Fsp3) is 0.636. The normalized spacial score (nSPS) is 16.1. The lowest BCUT2D eigenvalue weighted by Crippen LogP contribution is -2.42. The van der Waals surface area contributed by atoms with Crippen molar-refractivity contribution in [1.82, 2.24) is 10.3 Å². The van der Waals surface area contributed by atoms with E-state index in [0.29, 0.717) is 11.4 Å². The highest BCUT2D eigenvalue weighted by Gasteiger charge is 2.21. The summed E-state index contributed by atoms with van der Waals surface area (Å²) in [6, 6.07) is -0.170. The number of hydrogen-bond donors (Lipinski definition) is 3. The highest BCUT2D eigenvalue weighted by atomic mass is 32.2. The number of carbonyl (C=O) groups excluding carboxylic acids is 1.